The number of carbonyl (C=O) groups is 2. The van der Waals surface area contributed by atoms with Crippen LogP contribution in [0.5, 0.6) is 0 Å². The number of rotatable bonds is 8. The van der Waals surface area contributed by atoms with Crippen LogP contribution in [-0.4, -0.2) is 61.7 Å². The first-order chi connectivity index (χ1) is 11.6. The maximum absolute atomic E-state index is 12.3. The molecule has 1 atom stereocenters. The van der Waals surface area contributed by atoms with Crippen molar-refractivity contribution in [2.75, 3.05) is 32.7 Å². The minimum absolute atomic E-state index is 0.00808. The average molecular weight is 366 g/mol. The van der Waals surface area contributed by atoms with Gasteiger partial charge < -0.3 is 16.4 Å². The first kappa shape index (κ1) is 21.7. The predicted octanol–water partition coefficient (Wildman–Crippen LogP) is 0.867. The number of nitrogens with zero attached hydrogens (tertiary/aromatic N) is 1. The van der Waals surface area contributed by atoms with E-state index in [4.69, 9.17) is 5.73 Å². The summed E-state index contributed by atoms with van der Waals surface area (Å²) in [5, 5.41) is 5.21. The maximum atomic E-state index is 12.3. The Morgan fingerprint density at radius 2 is 1.80 bits per heavy atom. The number of alkyl halides is 3. The number of carbonyl (C=O) groups excluding carboxylic acids is 2. The molecule has 0 aliphatic carbocycles. The molecule has 4 N–H and O–H groups in total. The lowest BCUT2D eigenvalue weighted by atomic mass is 9.93. The predicted molar refractivity (Wildman–Crippen MR) is 88.7 cm³/mol. The van der Waals surface area contributed by atoms with Gasteiger partial charge in [-0.25, -0.2) is 0 Å². The number of likely N-dealkylation sites (tertiary alicyclic amines) is 1. The zero-order valence-corrected chi connectivity index (χ0v) is 14.9. The molecule has 6 nitrogen and oxygen atoms in total. The molecule has 1 aliphatic heterocycles. The fraction of sp³-hybridized carbons (Fsp3) is 0.875. The molecule has 0 bridgehead atoms. The van der Waals surface area contributed by atoms with Gasteiger partial charge in [-0.3, -0.25) is 14.5 Å². The van der Waals surface area contributed by atoms with E-state index in [0.29, 0.717) is 38.4 Å². The first-order valence-electron chi connectivity index (χ1n) is 8.67. The highest BCUT2D eigenvalue weighted by Crippen LogP contribution is 2.23. The van der Waals surface area contributed by atoms with Gasteiger partial charge in [0.25, 0.3) is 0 Å². The van der Waals surface area contributed by atoms with Crippen LogP contribution in [0.15, 0.2) is 0 Å². The number of piperidine rings is 1. The third-order valence-corrected chi connectivity index (χ3v) is 4.43. The molecule has 0 unspecified atom stereocenters. The average Bonchev–Trinajstić information content (AvgIpc) is 2.52. The smallest absolute Gasteiger partial charge is 0.355 e. The Morgan fingerprint density at radius 3 is 2.32 bits per heavy atom. The lowest BCUT2D eigenvalue weighted by molar-refractivity contribution is -0.148. The van der Waals surface area contributed by atoms with E-state index in [1.807, 2.05) is 13.8 Å². The number of hydrogen-bond donors (Lipinski definition) is 3. The van der Waals surface area contributed by atoms with E-state index >= 15 is 0 Å². The summed E-state index contributed by atoms with van der Waals surface area (Å²) in [6.45, 7) is 3.99. The molecule has 0 spiro atoms. The molecule has 1 fully saturated rings. The van der Waals surface area contributed by atoms with Crippen molar-refractivity contribution in [1.29, 1.82) is 0 Å². The van der Waals surface area contributed by atoms with E-state index in [0.717, 1.165) is 6.42 Å². The molecule has 0 saturated carbocycles. The van der Waals surface area contributed by atoms with Gasteiger partial charge in [-0.15, -0.1) is 0 Å². The number of nitrogens with two attached hydrogens (primary N) is 1. The van der Waals surface area contributed by atoms with Crippen LogP contribution in [0.3, 0.4) is 0 Å². The molecule has 146 valence electrons. The van der Waals surface area contributed by atoms with E-state index in [9.17, 15) is 22.8 Å². The van der Waals surface area contributed by atoms with E-state index in [1.165, 1.54) is 4.90 Å². The standard InChI is InChI=1S/C16H29F3N4O2/c1-11(2)14(20)15(25)22-9-13(24)21-6-3-12-4-7-23(8-5-12)10-16(17,18)19/h11-12,14H,3-10,20H2,1-2H3,(H,21,24)(H,22,25)/t14-/m0/s1. The van der Waals surface area contributed by atoms with Crippen LogP contribution in [0.2, 0.25) is 0 Å². The van der Waals surface area contributed by atoms with Crippen molar-refractivity contribution in [3.63, 3.8) is 0 Å². The zero-order chi connectivity index (χ0) is 19.0. The minimum atomic E-state index is -4.15. The van der Waals surface area contributed by atoms with Crippen LogP contribution < -0.4 is 16.4 Å². The van der Waals surface area contributed by atoms with E-state index in [1.54, 1.807) is 0 Å². The summed E-state index contributed by atoms with van der Waals surface area (Å²) in [6, 6.07) is -0.644. The second-order valence-electron chi connectivity index (χ2n) is 6.96. The highest BCUT2D eigenvalue weighted by molar-refractivity contribution is 5.87. The van der Waals surface area contributed by atoms with Gasteiger partial charge in [-0.2, -0.15) is 13.2 Å². The van der Waals surface area contributed by atoms with E-state index in [-0.39, 0.29) is 24.3 Å². The first-order valence-corrected chi connectivity index (χ1v) is 8.67. The second kappa shape index (κ2) is 9.96. The summed E-state index contributed by atoms with van der Waals surface area (Å²) in [5.74, 6) is -0.346. The topological polar surface area (TPSA) is 87.5 Å². The van der Waals surface area contributed by atoms with Crippen molar-refractivity contribution in [3.8, 4) is 0 Å². The lowest BCUT2D eigenvalue weighted by Gasteiger charge is -2.32. The molecule has 25 heavy (non-hydrogen) atoms. The molecule has 1 aliphatic rings. The van der Waals surface area contributed by atoms with Crippen LogP contribution >= 0.6 is 0 Å². The Kier molecular flexibility index (Phi) is 8.64. The van der Waals surface area contributed by atoms with Gasteiger partial charge in [0.05, 0.1) is 19.1 Å². The summed E-state index contributed by atoms with van der Waals surface area (Å²) in [5.41, 5.74) is 5.68. The van der Waals surface area contributed by atoms with Crippen molar-refractivity contribution in [1.82, 2.24) is 15.5 Å². The summed E-state index contributed by atoms with van der Waals surface area (Å²) in [7, 11) is 0. The van der Waals surface area contributed by atoms with E-state index < -0.39 is 18.8 Å². The number of hydrogen-bond acceptors (Lipinski definition) is 4. The largest absolute Gasteiger partial charge is 0.401 e. The van der Waals surface area contributed by atoms with Crippen molar-refractivity contribution >= 4 is 11.8 Å². The van der Waals surface area contributed by atoms with Crippen LogP contribution in [0.1, 0.15) is 33.1 Å². The zero-order valence-electron chi connectivity index (χ0n) is 14.9. The summed E-state index contributed by atoms with van der Waals surface area (Å²) in [4.78, 5) is 24.7. The Bertz CT molecular complexity index is 436. The fourth-order valence-electron chi connectivity index (χ4n) is 2.75. The number of halogens is 3. The highest BCUT2D eigenvalue weighted by Gasteiger charge is 2.32. The van der Waals surface area contributed by atoms with Gasteiger partial charge in [0.2, 0.25) is 11.8 Å². The molecule has 0 aromatic heterocycles. The van der Waals surface area contributed by atoms with Crippen molar-refractivity contribution in [2.45, 2.75) is 45.3 Å². The molecule has 9 heteroatoms. The molecule has 0 aromatic rings. The van der Waals surface area contributed by atoms with Gasteiger partial charge >= 0.3 is 6.18 Å². The SMILES string of the molecule is CC(C)[C@H](N)C(=O)NCC(=O)NCCC1CCN(CC(F)(F)F)CC1. The third kappa shape index (κ3) is 9.06. The van der Waals surface area contributed by atoms with Crippen LogP contribution in [-0.2, 0) is 9.59 Å². The summed E-state index contributed by atoms with van der Waals surface area (Å²) in [6.07, 6.45) is -2.02. The Labute approximate surface area is 146 Å². The van der Waals surface area contributed by atoms with Crippen LogP contribution in [0.4, 0.5) is 13.2 Å². The summed E-state index contributed by atoms with van der Waals surface area (Å²) < 4.78 is 37.0. The van der Waals surface area contributed by atoms with Gasteiger partial charge in [-0.1, -0.05) is 13.8 Å². The minimum Gasteiger partial charge on any atom is -0.355 e. The second-order valence-corrected chi connectivity index (χ2v) is 6.96. The van der Waals surface area contributed by atoms with Crippen molar-refractivity contribution in [3.05, 3.63) is 0 Å². The normalized spacial score (nSPS) is 18.2. The Morgan fingerprint density at radius 1 is 1.20 bits per heavy atom. The lowest BCUT2D eigenvalue weighted by Crippen LogP contribution is -2.47. The molecular formula is C16H29F3N4O2. The van der Waals surface area contributed by atoms with Crippen molar-refractivity contribution < 1.29 is 22.8 Å². The molecule has 1 saturated heterocycles. The number of nitrogens with one attached hydrogen (secondary N) is 2. The Hall–Kier alpha value is -1.35. The fourth-order valence-corrected chi connectivity index (χ4v) is 2.75. The summed E-state index contributed by atoms with van der Waals surface area (Å²) >= 11 is 0. The third-order valence-electron chi connectivity index (χ3n) is 4.43. The Balaban J connectivity index is 2.13. The molecule has 1 rings (SSSR count). The number of amides is 2. The van der Waals surface area contributed by atoms with Gasteiger partial charge in [0.15, 0.2) is 0 Å². The molecule has 0 aromatic carbocycles. The van der Waals surface area contributed by atoms with Crippen LogP contribution in [0, 0.1) is 11.8 Å². The van der Waals surface area contributed by atoms with Crippen molar-refractivity contribution in [2.24, 2.45) is 17.6 Å². The van der Waals surface area contributed by atoms with Gasteiger partial charge in [0, 0.05) is 6.54 Å². The molecule has 1 heterocycles. The quantitative estimate of drug-likeness (QED) is 0.595. The monoisotopic (exact) mass is 366 g/mol. The van der Waals surface area contributed by atoms with Gasteiger partial charge in [-0.05, 0) is 44.2 Å². The maximum Gasteiger partial charge on any atom is 0.401 e. The highest BCUT2D eigenvalue weighted by atomic mass is 19.4. The molecular weight excluding hydrogens is 337 g/mol. The van der Waals surface area contributed by atoms with E-state index in [2.05, 4.69) is 10.6 Å². The van der Waals surface area contributed by atoms with Gasteiger partial charge in [0.1, 0.15) is 0 Å². The van der Waals surface area contributed by atoms with Crippen LogP contribution in [0.25, 0.3) is 0 Å². The molecule has 2 amide bonds. The molecule has 0 radical (unpaired) electrons.